The number of nitrogens with zero attached hydrogens (tertiary/aromatic N) is 1. The number of H-pyrrole nitrogens is 1. The maximum atomic E-state index is 12.5. The molecule has 1 aromatic heterocycles. The molecule has 3 heterocycles. The third kappa shape index (κ3) is 2.13. The molecule has 0 spiro atoms. The van der Waals surface area contributed by atoms with Crippen molar-refractivity contribution in [2.75, 3.05) is 13.3 Å². The molecule has 0 radical (unpaired) electrons. The fourth-order valence-corrected chi connectivity index (χ4v) is 4.03. The molecule has 1 amide bonds. The highest BCUT2D eigenvalue weighted by molar-refractivity contribution is 5.90. The molecule has 0 bridgehead atoms. The molecule has 5 rings (SSSR count). The van der Waals surface area contributed by atoms with Crippen molar-refractivity contribution in [3.63, 3.8) is 0 Å². The summed E-state index contributed by atoms with van der Waals surface area (Å²) in [6.07, 6.45) is 2.20. The summed E-state index contributed by atoms with van der Waals surface area (Å²) < 4.78 is 11.0. The van der Waals surface area contributed by atoms with Crippen LogP contribution in [0.25, 0.3) is 10.9 Å². The van der Waals surface area contributed by atoms with Crippen LogP contribution in [0.3, 0.4) is 0 Å². The average Bonchev–Trinajstić information content (AvgIpc) is 3.30. The van der Waals surface area contributed by atoms with Gasteiger partial charge in [-0.25, -0.2) is 0 Å². The van der Waals surface area contributed by atoms with Crippen LogP contribution in [-0.4, -0.2) is 29.1 Å². The summed E-state index contributed by atoms with van der Waals surface area (Å²) in [7, 11) is 0. The first kappa shape index (κ1) is 15.1. The second-order valence-electron chi connectivity index (χ2n) is 6.56. The van der Waals surface area contributed by atoms with Gasteiger partial charge in [0.15, 0.2) is 11.5 Å². The summed E-state index contributed by atoms with van der Waals surface area (Å²) in [5.74, 6) is 1.39. The van der Waals surface area contributed by atoms with E-state index in [1.54, 1.807) is 0 Å². The number of fused-ring (bicyclic) bond motifs is 4. The first-order valence-corrected chi connectivity index (χ1v) is 8.68. The van der Waals surface area contributed by atoms with Gasteiger partial charge in [0.05, 0.1) is 6.04 Å². The van der Waals surface area contributed by atoms with Gasteiger partial charge < -0.3 is 19.4 Å². The Morgan fingerprint density at radius 2 is 2.04 bits per heavy atom. The lowest BCUT2D eigenvalue weighted by molar-refractivity contribution is -0.128. The van der Waals surface area contributed by atoms with Crippen LogP contribution in [0.1, 0.15) is 22.9 Å². The summed E-state index contributed by atoms with van der Waals surface area (Å²) >= 11 is 0. The maximum Gasteiger partial charge on any atom is 0.246 e. The minimum Gasteiger partial charge on any atom is -0.454 e. The predicted molar refractivity (Wildman–Crippen MR) is 98.3 cm³/mol. The molecular weight excluding hydrogens is 328 g/mol. The largest absolute Gasteiger partial charge is 0.454 e. The highest BCUT2D eigenvalue weighted by Crippen LogP contribution is 2.42. The summed E-state index contributed by atoms with van der Waals surface area (Å²) in [5, 5.41) is 1.22. The molecule has 2 aromatic carbocycles. The minimum atomic E-state index is -0.203. The van der Waals surface area contributed by atoms with Crippen molar-refractivity contribution in [2.45, 2.75) is 12.5 Å². The Hall–Kier alpha value is -3.21. The van der Waals surface area contributed by atoms with Crippen LogP contribution in [0.5, 0.6) is 11.5 Å². The number of nitrogens with one attached hydrogen (secondary N) is 1. The lowest BCUT2D eigenvalue weighted by Crippen LogP contribution is -2.39. The van der Waals surface area contributed by atoms with Gasteiger partial charge in [0, 0.05) is 23.1 Å². The maximum absolute atomic E-state index is 12.5. The van der Waals surface area contributed by atoms with E-state index in [9.17, 15) is 4.79 Å². The fourth-order valence-electron chi connectivity index (χ4n) is 4.03. The second kappa shape index (κ2) is 5.66. The molecule has 1 N–H and O–H groups in total. The fraction of sp³-hybridized carbons (Fsp3) is 0.190. The van der Waals surface area contributed by atoms with E-state index in [1.165, 1.54) is 17.0 Å². The average molecular weight is 346 g/mol. The summed E-state index contributed by atoms with van der Waals surface area (Å²) in [5.41, 5.74) is 4.43. The molecule has 3 aromatic rings. The van der Waals surface area contributed by atoms with Crippen LogP contribution in [0.15, 0.2) is 55.1 Å². The zero-order valence-electron chi connectivity index (χ0n) is 14.2. The molecule has 5 nitrogen and oxygen atoms in total. The Kier molecular flexibility index (Phi) is 3.28. The summed E-state index contributed by atoms with van der Waals surface area (Å²) in [4.78, 5) is 18.0. The number of benzene rings is 2. The quantitative estimate of drug-likeness (QED) is 0.722. The number of rotatable bonds is 2. The Balaban J connectivity index is 1.70. The molecular formula is C21H18N2O3. The van der Waals surface area contributed by atoms with Crippen molar-refractivity contribution < 1.29 is 14.3 Å². The van der Waals surface area contributed by atoms with E-state index < -0.39 is 0 Å². The van der Waals surface area contributed by atoms with E-state index >= 15 is 0 Å². The van der Waals surface area contributed by atoms with Crippen molar-refractivity contribution in [1.82, 2.24) is 9.88 Å². The SMILES string of the molecule is C=CC(=O)N1CCc2c([nH]c3ccccc23)C1c1ccc2c(c1)OCO2. The number of hydrogen-bond donors (Lipinski definition) is 1. The third-order valence-corrected chi connectivity index (χ3v) is 5.20. The number of para-hydroxylation sites is 1. The molecule has 1 atom stereocenters. The van der Waals surface area contributed by atoms with Crippen LogP contribution in [-0.2, 0) is 11.2 Å². The van der Waals surface area contributed by atoms with E-state index in [-0.39, 0.29) is 18.7 Å². The van der Waals surface area contributed by atoms with Crippen LogP contribution in [0.2, 0.25) is 0 Å². The number of amides is 1. The normalized spacial score (nSPS) is 18.0. The number of aromatic nitrogens is 1. The van der Waals surface area contributed by atoms with Crippen LogP contribution in [0.4, 0.5) is 0 Å². The van der Waals surface area contributed by atoms with Gasteiger partial charge in [0.2, 0.25) is 12.7 Å². The first-order chi connectivity index (χ1) is 12.8. The van der Waals surface area contributed by atoms with Crippen molar-refractivity contribution >= 4 is 16.8 Å². The lowest BCUT2D eigenvalue weighted by atomic mass is 9.92. The van der Waals surface area contributed by atoms with E-state index in [1.807, 2.05) is 35.2 Å². The third-order valence-electron chi connectivity index (χ3n) is 5.20. The van der Waals surface area contributed by atoms with E-state index in [0.717, 1.165) is 34.7 Å². The zero-order valence-corrected chi connectivity index (χ0v) is 14.2. The van der Waals surface area contributed by atoms with Gasteiger partial charge in [0.1, 0.15) is 0 Å². The standard InChI is InChI=1S/C21H18N2O3/c1-2-19(24)23-10-9-15-14-5-3-4-6-16(14)22-20(15)21(23)13-7-8-17-18(11-13)26-12-25-17/h2-8,11,21-22H,1,9-10,12H2. The Bertz CT molecular complexity index is 1040. The van der Waals surface area contributed by atoms with Crippen LogP contribution < -0.4 is 9.47 Å². The Labute approximate surface area is 150 Å². The summed E-state index contributed by atoms with van der Waals surface area (Å²) in [6, 6.07) is 14.0. The van der Waals surface area contributed by atoms with Crippen LogP contribution >= 0.6 is 0 Å². The van der Waals surface area contributed by atoms with Gasteiger partial charge in [-0.2, -0.15) is 0 Å². The molecule has 2 aliphatic heterocycles. The first-order valence-electron chi connectivity index (χ1n) is 8.68. The monoisotopic (exact) mass is 346 g/mol. The van der Waals surface area contributed by atoms with Crippen molar-refractivity contribution in [1.29, 1.82) is 0 Å². The molecule has 26 heavy (non-hydrogen) atoms. The van der Waals surface area contributed by atoms with Crippen molar-refractivity contribution in [3.05, 3.63) is 71.9 Å². The number of carbonyl (C=O) groups excluding carboxylic acids is 1. The molecule has 1 unspecified atom stereocenters. The topological polar surface area (TPSA) is 54.6 Å². The molecule has 0 aliphatic carbocycles. The Morgan fingerprint density at radius 3 is 2.92 bits per heavy atom. The van der Waals surface area contributed by atoms with E-state index in [0.29, 0.717) is 6.54 Å². The number of ether oxygens (including phenoxy) is 2. The van der Waals surface area contributed by atoms with E-state index in [4.69, 9.17) is 9.47 Å². The van der Waals surface area contributed by atoms with Gasteiger partial charge in [-0.15, -0.1) is 0 Å². The minimum absolute atomic E-state index is 0.0722. The number of aromatic amines is 1. The zero-order chi connectivity index (χ0) is 17.7. The van der Waals surface area contributed by atoms with Crippen molar-refractivity contribution in [2.24, 2.45) is 0 Å². The highest BCUT2D eigenvalue weighted by Gasteiger charge is 2.34. The van der Waals surface area contributed by atoms with Gasteiger partial charge in [0.25, 0.3) is 0 Å². The van der Waals surface area contributed by atoms with Gasteiger partial charge >= 0.3 is 0 Å². The molecule has 0 saturated carbocycles. The molecule has 0 fully saturated rings. The van der Waals surface area contributed by atoms with Gasteiger partial charge in [-0.05, 0) is 41.8 Å². The number of hydrogen-bond acceptors (Lipinski definition) is 3. The van der Waals surface area contributed by atoms with E-state index in [2.05, 4.69) is 23.7 Å². The van der Waals surface area contributed by atoms with Crippen molar-refractivity contribution in [3.8, 4) is 11.5 Å². The van der Waals surface area contributed by atoms with Gasteiger partial charge in [-0.3, -0.25) is 4.79 Å². The van der Waals surface area contributed by atoms with Crippen LogP contribution in [0, 0.1) is 0 Å². The molecule has 130 valence electrons. The molecule has 5 heteroatoms. The highest BCUT2D eigenvalue weighted by atomic mass is 16.7. The molecule has 0 saturated heterocycles. The smallest absolute Gasteiger partial charge is 0.246 e. The summed E-state index contributed by atoms with van der Waals surface area (Å²) in [6.45, 7) is 4.56. The number of carbonyl (C=O) groups is 1. The second-order valence-corrected chi connectivity index (χ2v) is 6.56. The predicted octanol–water partition coefficient (Wildman–Crippen LogP) is 3.56. The molecule has 2 aliphatic rings. The Morgan fingerprint density at radius 1 is 1.19 bits per heavy atom. The van der Waals surface area contributed by atoms with Gasteiger partial charge in [-0.1, -0.05) is 30.8 Å². The lowest BCUT2D eigenvalue weighted by Gasteiger charge is -2.35.